The first-order valence-corrected chi connectivity index (χ1v) is 11.8. The predicted octanol–water partition coefficient (Wildman–Crippen LogP) is 4.16. The molecule has 3 rings (SSSR count). The van der Waals surface area contributed by atoms with Gasteiger partial charge in [-0.3, -0.25) is 4.79 Å². The van der Waals surface area contributed by atoms with Gasteiger partial charge in [0.25, 0.3) is 5.91 Å². The van der Waals surface area contributed by atoms with E-state index in [2.05, 4.69) is 28.1 Å². The Hall–Kier alpha value is -3.32. The monoisotopic (exact) mass is 464 g/mol. The normalized spacial score (nSPS) is 11.4. The Morgan fingerprint density at radius 1 is 0.912 bits per heavy atom. The van der Waals surface area contributed by atoms with Crippen LogP contribution in [-0.4, -0.2) is 41.8 Å². The number of carbonyl (C=O) groups is 2. The van der Waals surface area contributed by atoms with Crippen molar-refractivity contribution >= 4 is 22.9 Å². The largest absolute Gasteiger partial charge is 0.444 e. The molecule has 3 N–H and O–H groups in total. The number of fused-ring (bicyclic) bond motifs is 1. The Kier molecular flexibility index (Phi) is 8.71. The van der Waals surface area contributed by atoms with Gasteiger partial charge in [0.05, 0.1) is 0 Å². The Bertz CT molecular complexity index is 1100. The summed E-state index contributed by atoms with van der Waals surface area (Å²) in [4.78, 5) is 24.1. The van der Waals surface area contributed by atoms with Crippen molar-refractivity contribution in [2.24, 2.45) is 7.05 Å². The lowest BCUT2D eigenvalue weighted by Gasteiger charge is -2.19. The number of alkyl carbamates (subject to hydrolysis) is 1. The summed E-state index contributed by atoms with van der Waals surface area (Å²) >= 11 is 0. The molecule has 7 nitrogen and oxygen atoms in total. The standard InChI is InChI=1S/C27H36N4O3/c1-27(2,3)34-26(33)30-19-21-9-7-20(8-10-21)6-5-14-28-15-16-29-25(32)23-11-12-24-22(18-23)13-17-31(24)4/h7-13,17-18,28H,5-6,14-16,19H2,1-4H3,(H,29,32)(H,30,33). The van der Waals surface area contributed by atoms with Crippen molar-refractivity contribution in [2.75, 3.05) is 19.6 Å². The molecule has 0 spiro atoms. The van der Waals surface area contributed by atoms with E-state index in [-0.39, 0.29) is 5.91 Å². The molecule has 0 aliphatic heterocycles. The molecule has 0 unspecified atom stereocenters. The Morgan fingerprint density at radius 3 is 2.38 bits per heavy atom. The van der Waals surface area contributed by atoms with Gasteiger partial charge in [-0.2, -0.15) is 0 Å². The van der Waals surface area contributed by atoms with Gasteiger partial charge in [-0.25, -0.2) is 4.79 Å². The number of benzene rings is 2. The maximum atomic E-state index is 12.4. The quantitative estimate of drug-likeness (QED) is 0.394. The van der Waals surface area contributed by atoms with Crippen LogP contribution in [0.5, 0.6) is 0 Å². The molecule has 0 saturated carbocycles. The summed E-state index contributed by atoms with van der Waals surface area (Å²) in [7, 11) is 2.00. The van der Waals surface area contributed by atoms with Crippen molar-refractivity contribution < 1.29 is 14.3 Å². The maximum absolute atomic E-state index is 12.4. The van der Waals surface area contributed by atoms with E-state index < -0.39 is 11.7 Å². The van der Waals surface area contributed by atoms with Gasteiger partial charge < -0.3 is 25.3 Å². The molecular formula is C27H36N4O3. The number of rotatable bonds is 10. The van der Waals surface area contributed by atoms with Crippen LogP contribution in [0.4, 0.5) is 4.79 Å². The molecule has 2 aromatic carbocycles. The van der Waals surface area contributed by atoms with Gasteiger partial charge in [-0.1, -0.05) is 24.3 Å². The zero-order valence-corrected chi connectivity index (χ0v) is 20.6. The van der Waals surface area contributed by atoms with E-state index in [0.29, 0.717) is 18.7 Å². The second kappa shape index (κ2) is 11.7. The molecule has 0 fully saturated rings. The van der Waals surface area contributed by atoms with Crippen LogP contribution < -0.4 is 16.0 Å². The molecule has 182 valence electrons. The molecule has 7 heteroatoms. The lowest BCUT2D eigenvalue weighted by molar-refractivity contribution is 0.0523. The fraction of sp³-hybridized carbons (Fsp3) is 0.407. The zero-order valence-electron chi connectivity index (χ0n) is 20.6. The van der Waals surface area contributed by atoms with E-state index in [1.807, 2.05) is 75.0 Å². The summed E-state index contributed by atoms with van der Waals surface area (Å²) in [5.74, 6) is -0.0474. The molecule has 1 aromatic heterocycles. The van der Waals surface area contributed by atoms with E-state index >= 15 is 0 Å². The molecule has 0 saturated heterocycles. The first-order chi connectivity index (χ1) is 16.2. The lowest BCUT2D eigenvalue weighted by atomic mass is 10.1. The minimum absolute atomic E-state index is 0.0474. The third kappa shape index (κ3) is 7.92. The maximum Gasteiger partial charge on any atom is 0.407 e. The minimum Gasteiger partial charge on any atom is -0.444 e. The molecule has 1 heterocycles. The number of aryl methyl sites for hydroxylation is 2. The average molecular weight is 465 g/mol. The molecule has 0 aliphatic rings. The third-order valence-corrected chi connectivity index (χ3v) is 5.41. The van der Waals surface area contributed by atoms with E-state index in [0.717, 1.165) is 42.4 Å². The second-order valence-corrected chi connectivity index (χ2v) is 9.48. The summed E-state index contributed by atoms with van der Waals surface area (Å²) in [6.07, 6.45) is 3.56. The molecule has 0 bridgehead atoms. The number of ether oxygens (including phenoxy) is 1. The lowest BCUT2D eigenvalue weighted by Crippen LogP contribution is -2.32. The van der Waals surface area contributed by atoms with Crippen molar-refractivity contribution in [1.82, 2.24) is 20.5 Å². The van der Waals surface area contributed by atoms with Crippen LogP contribution in [0.3, 0.4) is 0 Å². The van der Waals surface area contributed by atoms with Gasteiger partial charge >= 0.3 is 6.09 Å². The van der Waals surface area contributed by atoms with Gasteiger partial charge in [0.2, 0.25) is 0 Å². The summed E-state index contributed by atoms with van der Waals surface area (Å²) in [6, 6.07) is 16.0. The molecule has 2 amide bonds. The van der Waals surface area contributed by atoms with Gasteiger partial charge in [0.15, 0.2) is 0 Å². The van der Waals surface area contributed by atoms with Crippen LogP contribution in [0.1, 0.15) is 48.7 Å². The number of amides is 2. The first kappa shape index (κ1) is 25.3. The fourth-order valence-electron chi connectivity index (χ4n) is 3.64. The van der Waals surface area contributed by atoms with Gasteiger partial charge in [0, 0.05) is 49.3 Å². The van der Waals surface area contributed by atoms with E-state index in [1.54, 1.807) is 0 Å². The number of hydrogen-bond acceptors (Lipinski definition) is 4. The van der Waals surface area contributed by atoms with E-state index in [9.17, 15) is 9.59 Å². The van der Waals surface area contributed by atoms with E-state index in [1.165, 1.54) is 5.56 Å². The number of aromatic nitrogens is 1. The Morgan fingerprint density at radius 2 is 1.65 bits per heavy atom. The van der Waals surface area contributed by atoms with Crippen molar-refractivity contribution in [3.63, 3.8) is 0 Å². The zero-order chi connectivity index (χ0) is 24.6. The molecule has 3 aromatic rings. The molecule has 0 aliphatic carbocycles. The third-order valence-electron chi connectivity index (χ3n) is 5.41. The fourth-order valence-corrected chi connectivity index (χ4v) is 3.64. The summed E-state index contributed by atoms with van der Waals surface area (Å²) in [5.41, 5.74) is 3.60. The SMILES string of the molecule is Cn1ccc2cc(C(=O)NCCNCCCc3ccc(CNC(=O)OC(C)(C)C)cc3)ccc21. The average Bonchev–Trinajstić information content (AvgIpc) is 3.16. The highest BCUT2D eigenvalue weighted by Gasteiger charge is 2.15. The smallest absolute Gasteiger partial charge is 0.407 e. The Balaban J connectivity index is 1.27. The van der Waals surface area contributed by atoms with Crippen LogP contribution in [0.2, 0.25) is 0 Å². The van der Waals surface area contributed by atoms with Crippen molar-refractivity contribution in [3.8, 4) is 0 Å². The van der Waals surface area contributed by atoms with Crippen molar-refractivity contribution in [1.29, 1.82) is 0 Å². The van der Waals surface area contributed by atoms with Gasteiger partial charge in [-0.05, 0) is 75.5 Å². The number of nitrogens with zero attached hydrogens (tertiary/aromatic N) is 1. The van der Waals surface area contributed by atoms with Crippen LogP contribution >= 0.6 is 0 Å². The minimum atomic E-state index is -0.495. The number of carbonyl (C=O) groups excluding carboxylic acids is 2. The number of hydrogen-bond donors (Lipinski definition) is 3. The molecule has 34 heavy (non-hydrogen) atoms. The van der Waals surface area contributed by atoms with E-state index in [4.69, 9.17) is 4.74 Å². The second-order valence-electron chi connectivity index (χ2n) is 9.48. The van der Waals surface area contributed by atoms with Crippen LogP contribution in [-0.2, 0) is 24.8 Å². The van der Waals surface area contributed by atoms with Crippen molar-refractivity contribution in [2.45, 2.75) is 45.8 Å². The van der Waals surface area contributed by atoms with Crippen molar-refractivity contribution in [3.05, 3.63) is 71.4 Å². The van der Waals surface area contributed by atoms with Gasteiger partial charge in [-0.15, -0.1) is 0 Å². The highest BCUT2D eigenvalue weighted by atomic mass is 16.6. The topological polar surface area (TPSA) is 84.4 Å². The molecule has 0 radical (unpaired) electrons. The summed E-state index contributed by atoms with van der Waals surface area (Å²) in [6.45, 7) is 8.18. The predicted molar refractivity (Wildman–Crippen MR) is 136 cm³/mol. The highest BCUT2D eigenvalue weighted by molar-refractivity contribution is 5.98. The first-order valence-electron chi connectivity index (χ1n) is 11.8. The highest BCUT2D eigenvalue weighted by Crippen LogP contribution is 2.16. The molecule has 0 atom stereocenters. The van der Waals surface area contributed by atoms with Crippen LogP contribution in [0, 0.1) is 0 Å². The number of nitrogens with one attached hydrogen (secondary N) is 3. The molecular weight excluding hydrogens is 428 g/mol. The Labute approximate surface area is 201 Å². The van der Waals surface area contributed by atoms with Crippen LogP contribution in [0.15, 0.2) is 54.7 Å². The summed E-state index contributed by atoms with van der Waals surface area (Å²) in [5, 5.41) is 10.2. The summed E-state index contributed by atoms with van der Waals surface area (Å²) < 4.78 is 7.29. The van der Waals surface area contributed by atoms with Gasteiger partial charge in [0.1, 0.15) is 5.60 Å². The van der Waals surface area contributed by atoms with Crippen LogP contribution in [0.25, 0.3) is 10.9 Å².